The number of aliphatic carboxylic acids is 1. The number of benzene rings is 3. The van der Waals surface area contributed by atoms with Crippen LogP contribution in [0.15, 0.2) is 54.6 Å². The van der Waals surface area contributed by atoms with Gasteiger partial charge in [-0.15, -0.1) is 0 Å². The molecule has 0 spiro atoms. The van der Waals surface area contributed by atoms with E-state index < -0.39 is 39.9 Å². The second kappa shape index (κ2) is 14.4. The average molecular weight is 710 g/mol. The molecule has 1 aliphatic heterocycles. The number of rotatable bonds is 9. The highest BCUT2D eigenvalue weighted by molar-refractivity contribution is 7.86. The lowest BCUT2D eigenvalue weighted by Gasteiger charge is -2.25. The lowest BCUT2D eigenvalue weighted by molar-refractivity contribution is -0.146. The van der Waals surface area contributed by atoms with E-state index in [9.17, 15) is 31.2 Å². The molecule has 0 bridgehead atoms. The van der Waals surface area contributed by atoms with Crippen molar-refractivity contribution in [2.75, 3.05) is 12.9 Å². The van der Waals surface area contributed by atoms with Gasteiger partial charge in [0.25, 0.3) is 0 Å². The van der Waals surface area contributed by atoms with E-state index in [0.717, 1.165) is 36.9 Å². The van der Waals surface area contributed by atoms with E-state index in [1.807, 2.05) is 20.8 Å². The summed E-state index contributed by atoms with van der Waals surface area (Å²) >= 11 is 11.7. The highest BCUT2D eigenvalue weighted by atomic mass is 35.5. The molecule has 0 saturated heterocycles. The molecule has 4 rings (SSSR count). The molecule has 3 aromatic carbocycles. The first-order valence-electron chi connectivity index (χ1n) is 13.3. The Kier molecular flexibility index (Phi) is 11.5. The number of hydrogen-bond acceptors (Lipinski definition) is 9. The first-order chi connectivity index (χ1) is 21.2. The van der Waals surface area contributed by atoms with Gasteiger partial charge in [-0.1, -0.05) is 23.2 Å². The molecule has 1 heterocycles. The van der Waals surface area contributed by atoms with Crippen molar-refractivity contribution in [3.05, 3.63) is 81.3 Å². The molecule has 46 heavy (non-hydrogen) atoms. The number of carbonyl (C=O) groups is 2. The molecule has 1 unspecified atom stereocenters. The first-order valence-corrected chi connectivity index (χ1v) is 15.9. The number of ether oxygens (including phenoxy) is 4. The third-order valence-electron chi connectivity index (χ3n) is 6.31. The summed E-state index contributed by atoms with van der Waals surface area (Å²) < 4.78 is 86.6. The summed E-state index contributed by atoms with van der Waals surface area (Å²) in [7, 11) is -3.53. The van der Waals surface area contributed by atoms with Gasteiger partial charge in [-0.05, 0) is 82.3 Å². The van der Waals surface area contributed by atoms with Gasteiger partial charge in [-0.25, -0.2) is 9.59 Å². The van der Waals surface area contributed by atoms with Crippen LogP contribution in [-0.4, -0.2) is 50.7 Å². The maximum absolute atomic E-state index is 12.7. The summed E-state index contributed by atoms with van der Waals surface area (Å²) in [6.07, 6.45) is -5.31. The van der Waals surface area contributed by atoms with Gasteiger partial charge < -0.3 is 28.2 Å². The number of alkyl halides is 3. The second-order valence-corrected chi connectivity index (χ2v) is 12.7. The Balaban J connectivity index is 0.000000266. The fraction of sp³-hybridized carbons (Fsp3) is 0.333. The van der Waals surface area contributed by atoms with Crippen molar-refractivity contribution in [1.82, 2.24) is 0 Å². The molecule has 0 saturated carbocycles. The van der Waals surface area contributed by atoms with Crippen LogP contribution in [0, 0.1) is 0 Å². The molecule has 250 valence electrons. The van der Waals surface area contributed by atoms with Gasteiger partial charge in [0.05, 0.1) is 32.8 Å². The Morgan fingerprint density at radius 3 is 2.24 bits per heavy atom. The van der Waals surface area contributed by atoms with Gasteiger partial charge in [-0.2, -0.15) is 21.6 Å². The summed E-state index contributed by atoms with van der Waals surface area (Å²) in [5.74, 6) is -1.40. The summed E-state index contributed by atoms with van der Waals surface area (Å²) in [5.41, 5.74) is -0.595. The number of carbonyl (C=O) groups excluding carboxylic acids is 1. The molecular formula is C30H29Cl2F3O10S. The molecular weight excluding hydrogens is 680 g/mol. The third-order valence-corrected chi connectivity index (χ3v) is 7.43. The molecule has 16 heteroatoms. The predicted octanol–water partition coefficient (Wildman–Crippen LogP) is 7.49. The van der Waals surface area contributed by atoms with Gasteiger partial charge in [0.1, 0.15) is 23.0 Å². The standard InChI is InChI=1S/C17H11Cl2F3O5.C13H18O5S/c1-8(15(23)24)26-16(25)11-7-10(3-4-12(11)18)27-14-5-2-9(6-13(14)19)17(20,21)22;1-5-16-12-13(2,3)10-8-9(18-19(4,14)15)6-7-11(10)17-12/h2-8H,1H3,(H,23,24);6-8,12H,5H2,1-4H3/t8-;/m0./s1. The lowest BCUT2D eigenvalue weighted by Crippen LogP contribution is -2.34. The zero-order chi connectivity index (χ0) is 34.6. The van der Waals surface area contributed by atoms with Crippen molar-refractivity contribution in [2.24, 2.45) is 0 Å². The van der Waals surface area contributed by atoms with E-state index >= 15 is 0 Å². The quantitative estimate of drug-likeness (QED) is 0.176. The number of esters is 1. The number of halogens is 5. The van der Waals surface area contributed by atoms with Crippen molar-refractivity contribution in [3.63, 3.8) is 0 Å². The molecule has 3 aromatic rings. The maximum Gasteiger partial charge on any atom is 0.416 e. The molecule has 0 aromatic heterocycles. The van der Waals surface area contributed by atoms with Gasteiger partial charge >= 0.3 is 28.2 Å². The summed E-state index contributed by atoms with van der Waals surface area (Å²) in [6.45, 7) is 7.60. The van der Waals surface area contributed by atoms with E-state index in [2.05, 4.69) is 0 Å². The molecule has 0 radical (unpaired) electrons. The van der Waals surface area contributed by atoms with Crippen LogP contribution < -0.4 is 13.7 Å². The minimum atomic E-state index is -4.56. The first kappa shape index (κ1) is 36.7. The molecule has 1 aliphatic rings. The predicted molar refractivity (Wildman–Crippen MR) is 161 cm³/mol. The fourth-order valence-electron chi connectivity index (χ4n) is 4.01. The number of hydrogen-bond donors (Lipinski definition) is 1. The maximum atomic E-state index is 12.7. The Hall–Kier alpha value is -3.72. The van der Waals surface area contributed by atoms with Crippen LogP contribution in [0.2, 0.25) is 10.0 Å². The highest BCUT2D eigenvalue weighted by Crippen LogP contribution is 2.45. The minimum Gasteiger partial charge on any atom is -0.479 e. The average Bonchev–Trinajstić information content (AvgIpc) is 3.18. The molecule has 0 fully saturated rings. The fourth-order valence-corrected chi connectivity index (χ4v) is 4.88. The van der Waals surface area contributed by atoms with E-state index in [0.29, 0.717) is 18.4 Å². The van der Waals surface area contributed by atoms with Crippen LogP contribution in [0.4, 0.5) is 13.2 Å². The van der Waals surface area contributed by atoms with Crippen molar-refractivity contribution in [3.8, 4) is 23.0 Å². The summed E-state index contributed by atoms with van der Waals surface area (Å²) in [5, 5.41) is 8.46. The van der Waals surface area contributed by atoms with Gasteiger partial charge in [0.15, 0.2) is 6.10 Å². The van der Waals surface area contributed by atoms with E-state index in [1.54, 1.807) is 18.2 Å². The van der Waals surface area contributed by atoms with Crippen LogP contribution in [0.1, 0.15) is 49.2 Å². The zero-order valence-corrected chi connectivity index (χ0v) is 27.3. The second-order valence-electron chi connectivity index (χ2n) is 10.3. The Morgan fingerprint density at radius 2 is 1.67 bits per heavy atom. The van der Waals surface area contributed by atoms with Crippen LogP contribution in [0.3, 0.4) is 0 Å². The minimum absolute atomic E-state index is 0.0246. The highest BCUT2D eigenvalue weighted by Gasteiger charge is 2.42. The topological polar surface area (TPSA) is 135 Å². The van der Waals surface area contributed by atoms with Gasteiger partial charge in [0.2, 0.25) is 6.29 Å². The molecule has 0 aliphatic carbocycles. The van der Waals surface area contributed by atoms with Crippen LogP contribution >= 0.6 is 23.2 Å². The SMILES string of the molecule is CCOC1Oc2ccc(OS(C)(=O)=O)cc2C1(C)C.C[C@H](OC(=O)c1cc(Oc2ccc(C(F)(F)F)cc2Cl)ccc1Cl)C(=O)O. The van der Waals surface area contributed by atoms with Crippen molar-refractivity contribution in [2.45, 2.75) is 51.7 Å². The van der Waals surface area contributed by atoms with Gasteiger partial charge in [-0.3, -0.25) is 0 Å². The third kappa shape index (κ3) is 9.41. The Bertz CT molecular complexity index is 1710. The molecule has 0 amide bonds. The summed E-state index contributed by atoms with van der Waals surface area (Å²) in [4.78, 5) is 22.8. The smallest absolute Gasteiger partial charge is 0.416 e. The van der Waals surface area contributed by atoms with Crippen molar-refractivity contribution < 1.29 is 59.4 Å². The Labute approximate surface area is 273 Å². The van der Waals surface area contributed by atoms with Crippen LogP contribution in [0.25, 0.3) is 0 Å². The largest absolute Gasteiger partial charge is 0.479 e. The van der Waals surface area contributed by atoms with Gasteiger partial charge in [0, 0.05) is 12.2 Å². The van der Waals surface area contributed by atoms with Crippen LogP contribution in [0.5, 0.6) is 23.0 Å². The van der Waals surface area contributed by atoms with E-state index in [-0.39, 0.29) is 44.6 Å². The van der Waals surface area contributed by atoms with Crippen molar-refractivity contribution in [1.29, 1.82) is 0 Å². The van der Waals surface area contributed by atoms with Crippen molar-refractivity contribution >= 4 is 45.3 Å². The molecule has 1 N–H and O–H groups in total. The number of carboxylic acid groups (broad SMARTS) is 1. The van der Waals surface area contributed by atoms with Crippen LogP contribution in [-0.2, 0) is 36.0 Å². The molecule has 10 nitrogen and oxygen atoms in total. The number of carboxylic acids is 1. The monoisotopic (exact) mass is 708 g/mol. The number of fused-ring (bicyclic) bond motifs is 1. The summed E-state index contributed by atoms with van der Waals surface area (Å²) in [6, 6.07) is 11.3. The Morgan fingerprint density at radius 1 is 1.02 bits per heavy atom. The molecule has 2 atom stereocenters. The zero-order valence-electron chi connectivity index (χ0n) is 25.0. The normalized spacial score (nSPS) is 15.8. The van der Waals surface area contributed by atoms with E-state index in [1.165, 1.54) is 12.1 Å². The lowest BCUT2D eigenvalue weighted by atomic mass is 9.85. The van der Waals surface area contributed by atoms with E-state index in [4.69, 9.17) is 51.4 Å².